The van der Waals surface area contributed by atoms with Gasteiger partial charge in [0.05, 0.1) is 12.5 Å². The van der Waals surface area contributed by atoms with Crippen LogP contribution in [-0.4, -0.2) is 20.9 Å². The van der Waals surface area contributed by atoms with Crippen LogP contribution < -0.4 is 0 Å². The maximum atomic E-state index is 13.8. The van der Waals surface area contributed by atoms with E-state index in [9.17, 15) is 18.7 Å². The Hall–Kier alpha value is -2.96. The predicted molar refractivity (Wildman–Crippen MR) is 68.1 cm³/mol. The van der Waals surface area contributed by atoms with Crippen molar-refractivity contribution in [2.45, 2.75) is 0 Å². The van der Waals surface area contributed by atoms with Crippen LogP contribution in [0.1, 0.15) is 10.4 Å². The first-order chi connectivity index (χ1) is 10.1. The van der Waals surface area contributed by atoms with Crippen molar-refractivity contribution in [1.82, 2.24) is 9.78 Å². The third kappa shape index (κ3) is 2.29. The Labute approximate surface area is 117 Å². The third-order valence-corrected chi connectivity index (χ3v) is 2.90. The van der Waals surface area contributed by atoms with Gasteiger partial charge in [0, 0.05) is 17.8 Å². The molecular weight excluding hydrogens is 282 g/mol. The van der Waals surface area contributed by atoms with Crippen LogP contribution in [0.25, 0.3) is 16.9 Å². The second-order valence-corrected chi connectivity index (χ2v) is 4.25. The molecule has 0 aliphatic rings. The second kappa shape index (κ2) is 4.86. The van der Waals surface area contributed by atoms with Crippen LogP contribution in [0.2, 0.25) is 0 Å². The quantitative estimate of drug-likeness (QED) is 0.804. The predicted octanol–water partition coefficient (Wildman–Crippen LogP) is 3.11. The molecule has 0 atom stereocenters. The summed E-state index contributed by atoms with van der Waals surface area (Å²) >= 11 is 0. The van der Waals surface area contributed by atoms with Crippen LogP contribution >= 0.6 is 0 Å². The number of benzene rings is 1. The summed E-state index contributed by atoms with van der Waals surface area (Å²) in [6.07, 6.45) is 3.87. The van der Waals surface area contributed by atoms with Crippen molar-refractivity contribution >= 4 is 5.97 Å². The summed E-state index contributed by atoms with van der Waals surface area (Å²) in [4.78, 5) is 11.3. The second-order valence-electron chi connectivity index (χ2n) is 4.25. The van der Waals surface area contributed by atoms with E-state index in [-0.39, 0.29) is 16.9 Å². The number of rotatable bonds is 3. The average Bonchev–Trinajstić information content (AvgIpc) is 3.07. The Morgan fingerprint density at radius 1 is 1.29 bits per heavy atom. The molecule has 0 unspecified atom stereocenters. The van der Waals surface area contributed by atoms with Gasteiger partial charge >= 0.3 is 5.97 Å². The number of nitrogens with zero attached hydrogens (tertiary/aromatic N) is 2. The van der Waals surface area contributed by atoms with Crippen molar-refractivity contribution in [2.75, 3.05) is 0 Å². The van der Waals surface area contributed by atoms with E-state index < -0.39 is 17.6 Å². The molecule has 21 heavy (non-hydrogen) atoms. The van der Waals surface area contributed by atoms with E-state index in [2.05, 4.69) is 5.10 Å². The molecule has 0 amide bonds. The van der Waals surface area contributed by atoms with E-state index in [1.54, 1.807) is 6.07 Å². The van der Waals surface area contributed by atoms with Crippen molar-refractivity contribution in [3.8, 4) is 16.9 Å². The van der Waals surface area contributed by atoms with Crippen molar-refractivity contribution in [3.05, 3.63) is 60.2 Å². The van der Waals surface area contributed by atoms with Gasteiger partial charge in [-0.15, -0.1) is 0 Å². The number of halogens is 2. The fourth-order valence-electron chi connectivity index (χ4n) is 1.93. The molecule has 0 radical (unpaired) electrons. The highest BCUT2D eigenvalue weighted by Crippen LogP contribution is 2.25. The zero-order valence-corrected chi connectivity index (χ0v) is 10.5. The maximum Gasteiger partial charge on any atom is 0.339 e. The lowest BCUT2D eigenvalue weighted by Crippen LogP contribution is -1.99. The van der Waals surface area contributed by atoms with Crippen LogP contribution in [0.4, 0.5) is 8.78 Å². The summed E-state index contributed by atoms with van der Waals surface area (Å²) in [5, 5.41) is 13.2. The van der Waals surface area contributed by atoms with Crippen molar-refractivity contribution < 1.29 is 23.1 Å². The highest BCUT2D eigenvalue weighted by Gasteiger charge is 2.19. The Balaban J connectivity index is 2.17. The smallest absolute Gasteiger partial charge is 0.339 e. The van der Waals surface area contributed by atoms with Gasteiger partial charge in [-0.2, -0.15) is 5.10 Å². The molecule has 7 heteroatoms. The van der Waals surface area contributed by atoms with Crippen LogP contribution in [0.15, 0.2) is 47.4 Å². The number of carbonyl (C=O) groups is 1. The minimum atomic E-state index is -1.21. The van der Waals surface area contributed by atoms with Crippen molar-refractivity contribution in [2.24, 2.45) is 0 Å². The molecule has 0 saturated carbocycles. The molecule has 3 rings (SSSR count). The van der Waals surface area contributed by atoms with Gasteiger partial charge in [0.2, 0.25) is 0 Å². The van der Waals surface area contributed by atoms with E-state index in [0.717, 1.165) is 10.7 Å². The lowest BCUT2D eigenvalue weighted by Gasteiger charge is -2.02. The Bertz CT molecular complexity index is 810. The molecular formula is C14H8F2N2O3. The van der Waals surface area contributed by atoms with Crippen LogP contribution in [0.3, 0.4) is 0 Å². The summed E-state index contributed by atoms with van der Waals surface area (Å²) in [5.41, 5.74) is 0.433. The van der Waals surface area contributed by atoms with Crippen molar-refractivity contribution in [3.63, 3.8) is 0 Å². The van der Waals surface area contributed by atoms with Gasteiger partial charge < -0.3 is 9.52 Å². The number of aromatic carboxylic acids is 1. The fourth-order valence-corrected chi connectivity index (χ4v) is 1.93. The monoisotopic (exact) mass is 290 g/mol. The first-order valence-corrected chi connectivity index (χ1v) is 5.87. The SMILES string of the molecule is O=C(O)c1cn(-c2ccc(F)cc2F)nc1-c1ccoc1. The minimum absolute atomic E-state index is 0.0476. The normalized spacial score (nSPS) is 10.8. The molecule has 0 spiro atoms. The number of furan rings is 1. The Morgan fingerprint density at radius 2 is 2.10 bits per heavy atom. The molecule has 5 nitrogen and oxygen atoms in total. The summed E-state index contributed by atoms with van der Waals surface area (Å²) in [6, 6.07) is 4.50. The van der Waals surface area contributed by atoms with E-state index in [1.807, 2.05) is 0 Å². The molecule has 0 bridgehead atoms. The lowest BCUT2D eigenvalue weighted by molar-refractivity contribution is 0.0697. The number of carboxylic acids is 1. The number of carboxylic acid groups (broad SMARTS) is 1. The molecule has 2 aromatic heterocycles. The highest BCUT2D eigenvalue weighted by molar-refractivity contribution is 5.94. The maximum absolute atomic E-state index is 13.8. The Kier molecular flexibility index (Phi) is 3.02. The largest absolute Gasteiger partial charge is 0.478 e. The number of aromatic nitrogens is 2. The molecule has 3 aromatic rings. The van der Waals surface area contributed by atoms with Crippen LogP contribution in [-0.2, 0) is 0 Å². The summed E-state index contributed by atoms with van der Waals surface area (Å²) in [6.45, 7) is 0. The van der Waals surface area contributed by atoms with Gasteiger partial charge in [0.1, 0.15) is 22.8 Å². The van der Waals surface area contributed by atoms with E-state index in [1.165, 1.54) is 24.8 Å². The molecule has 1 aromatic carbocycles. The first kappa shape index (κ1) is 13.0. The minimum Gasteiger partial charge on any atom is -0.478 e. The standard InChI is InChI=1S/C14H8F2N2O3/c15-9-1-2-12(11(16)5-9)18-6-10(14(19)20)13(17-18)8-3-4-21-7-8/h1-7H,(H,19,20). The molecule has 0 saturated heterocycles. The third-order valence-electron chi connectivity index (χ3n) is 2.90. The summed E-state index contributed by atoms with van der Waals surface area (Å²) in [7, 11) is 0. The van der Waals surface area contributed by atoms with Gasteiger partial charge in [-0.3, -0.25) is 0 Å². The first-order valence-electron chi connectivity index (χ1n) is 5.87. The summed E-state index contributed by atoms with van der Waals surface area (Å²) in [5.74, 6) is -2.77. The molecule has 1 N–H and O–H groups in total. The molecule has 0 aliphatic heterocycles. The van der Waals surface area contributed by atoms with E-state index >= 15 is 0 Å². The lowest BCUT2D eigenvalue weighted by atomic mass is 10.1. The molecule has 0 fully saturated rings. The summed E-state index contributed by atoms with van der Waals surface area (Å²) < 4.78 is 32.6. The van der Waals surface area contributed by atoms with E-state index in [4.69, 9.17) is 4.42 Å². The van der Waals surface area contributed by atoms with Gasteiger partial charge in [-0.25, -0.2) is 18.3 Å². The Morgan fingerprint density at radius 3 is 2.71 bits per heavy atom. The van der Waals surface area contributed by atoms with Gasteiger partial charge in [0.25, 0.3) is 0 Å². The zero-order valence-electron chi connectivity index (χ0n) is 10.5. The number of hydrogen-bond acceptors (Lipinski definition) is 3. The molecule has 2 heterocycles. The van der Waals surface area contributed by atoms with E-state index in [0.29, 0.717) is 11.6 Å². The zero-order chi connectivity index (χ0) is 15.0. The van der Waals surface area contributed by atoms with Crippen LogP contribution in [0.5, 0.6) is 0 Å². The van der Waals surface area contributed by atoms with Crippen LogP contribution in [0, 0.1) is 11.6 Å². The molecule has 106 valence electrons. The molecule has 0 aliphatic carbocycles. The highest BCUT2D eigenvalue weighted by atomic mass is 19.1. The van der Waals surface area contributed by atoms with Gasteiger partial charge in [0.15, 0.2) is 5.82 Å². The van der Waals surface area contributed by atoms with Gasteiger partial charge in [-0.05, 0) is 18.2 Å². The fraction of sp³-hybridized carbons (Fsp3) is 0. The average molecular weight is 290 g/mol. The topological polar surface area (TPSA) is 68.3 Å². The van der Waals surface area contributed by atoms with Gasteiger partial charge in [-0.1, -0.05) is 0 Å². The van der Waals surface area contributed by atoms with Crippen molar-refractivity contribution in [1.29, 1.82) is 0 Å². The number of hydrogen-bond donors (Lipinski definition) is 1.